The van der Waals surface area contributed by atoms with Crippen molar-refractivity contribution in [2.45, 2.75) is 38.8 Å². The molecule has 3 rings (SSSR count). The minimum atomic E-state index is 0.0942. The fourth-order valence-corrected chi connectivity index (χ4v) is 2.25. The number of hydrogen-bond donors (Lipinski definition) is 0. The molecule has 0 saturated heterocycles. The maximum Gasteiger partial charge on any atom is 0.328 e. The molecule has 1 aliphatic rings. The average Bonchev–Trinajstić information content (AvgIpc) is 3.05. The number of aryl methyl sites for hydroxylation is 2. The molecule has 2 aromatic rings. The highest BCUT2D eigenvalue weighted by Crippen LogP contribution is 2.33. The highest BCUT2D eigenvalue weighted by atomic mass is 16.1. The van der Waals surface area contributed by atoms with Gasteiger partial charge in [0.15, 0.2) is 0 Å². The number of imidazole rings is 1. The summed E-state index contributed by atoms with van der Waals surface area (Å²) < 4.78 is 5.46. The molecule has 1 aliphatic carbocycles. The van der Waals surface area contributed by atoms with Crippen molar-refractivity contribution in [3.63, 3.8) is 0 Å². The Morgan fingerprint density at radius 2 is 2.17 bits per heavy atom. The number of rotatable bonds is 4. The Hall–Kier alpha value is -1.78. The lowest BCUT2D eigenvalue weighted by atomic mass is 10.3. The largest absolute Gasteiger partial charge is 0.328 e. The van der Waals surface area contributed by atoms with E-state index in [0.29, 0.717) is 12.6 Å². The van der Waals surface area contributed by atoms with E-state index in [9.17, 15) is 4.79 Å². The van der Waals surface area contributed by atoms with Crippen molar-refractivity contribution < 1.29 is 0 Å². The lowest BCUT2D eigenvalue weighted by Gasteiger charge is -2.02. The maximum atomic E-state index is 12.1. The van der Waals surface area contributed by atoms with E-state index in [4.69, 9.17) is 0 Å². The first-order valence-electron chi connectivity index (χ1n) is 6.48. The second-order valence-corrected chi connectivity index (χ2v) is 4.95. The lowest BCUT2D eigenvalue weighted by molar-refractivity contribution is 0.620. The molecule has 0 aromatic carbocycles. The van der Waals surface area contributed by atoms with E-state index in [-0.39, 0.29) is 5.69 Å². The zero-order chi connectivity index (χ0) is 12.7. The lowest BCUT2D eigenvalue weighted by Crippen LogP contribution is -2.24. The van der Waals surface area contributed by atoms with Gasteiger partial charge in [-0.15, -0.1) is 0 Å². The first-order valence-corrected chi connectivity index (χ1v) is 6.48. The van der Waals surface area contributed by atoms with Crippen LogP contribution in [-0.4, -0.2) is 18.9 Å². The molecule has 96 valence electrons. The van der Waals surface area contributed by atoms with E-state index in [1.54, 1.807) is 4.57 Å². The second-order valence-electron chi connectivity index (χ2n) is 4.95. The molecule has 5 heteroatoms. The van der Waals surface area contributed by atoms with Gasteiger partial charge in [0, 0.05) is 25.5 Å². The van der Waals surface area contributed by atoms with Crippen LogP contribution in [0.4, 0.5) is 0 Å². The monoisotopic (exact) mass is 246 g/mol. The predicted octanol–water partition coefficient (Wildman–Crippen LogP) is 1.33. The predicted molar refractivity (Wildman–Crippen MR) is 68.7 cm³/mol. The molecule has 1 saturated carbocycles. The van der Waals surface area contributed by atoms with Crippen LogP contribution in [0.2, 0.25) is 0 Å². The molecule has 2 heterocycles. The van der Waals surface area contributed by atoms with Crippen LogP contribution in [0, 0.1) is 0 Å². The first kappa shape index (κ1) is 11.3. The van der Waals surface area contributed by atoms with Crippen molar-refractivity contribution in [1.82, 2.24) is 18.9 Å². The standard InChI is InChI=1S/C13H18N4O/c1-3-10-8-12(15(2)14-10)9-16-6-7-17(13(16)18)11-4-5-11/h6-8,11H,3-5,9H2,1-2H3. The first-order chi connectivity index (χ1) is 8.69. The van der Waals surface area contributed by atoms with Gasteiger partial charge in [0.1, 0.15) is 0 Å². The van der Waals surface area contributed by atoms with Gasteiger partial charge in [-0.25, -0.2) is 4.79 Å². The molecule has 2 aromatic heterocycles. The zero-order valence-corrected chi connectivity index (χ0v) is 10.8. The maximum absolute atomic E-state index is 12.1. The molecule has 0 amide bonds. The Morgan fingerprint density at radius 1 is 1.39 bits per heavy atom. The van der Waals surface area contributed by atoms with E-state index < -0.39 is 0 Å². The summed E-state index contributed by atoms with van der Waals surface area (Å²) in [6.07, 6.45) is 6.97. The van der Waals surface area contributed by atoms with Crippen LogP contribution in [0.1, 0.15) is 37.2 Å². The Bertz CT molecular complexity index is 615. The third-order valence-corrected chi connectivity index (χ3v) is 3.54. The highest BCUT2D eigenvalue weighted by Gasteiger charge is 2.25. The molecule has 0 spiro atoms. The normalized spacial score (nSPS) is 15.2. The summed E-state index contributed by atoms with van der Waals surface area (Å²) in [5.74, 6) is 0. The van der Waals surface area contributed by atoms with Gasteiger partial charge in [-0.1, -0.05) is 6.92 Å². The Morgan fingerprint density at radius 3 is 2.78 bits per heavy atom. The van der Waals surface area contributed by atoms with E-state index in [1.165, 1.54) is 0 Å². The summed E-state index contributed by atoms with van der Waals surface area (Å²) in [4.78, 5) is 12.1. The molecule has 18 heavy (non-hydrogen) atoms. The van der Waals surface area contributed by atoms with Crippen molar-refractivity contribution in [3.8, 4) is 0 Å². The highest BCUT2D eigenvalue weighted by molar-refractivity contribution is 5.11. The molecule has 0 aliphatic heterocycles. The summed E-state index contributed by atoms with van der Waals surface area (Å²) in [5.41, 5.74) is 2.24. The fraction of sp³-hybridized carbons (Fsp3) is 0.538. The molecule has 0 bridgehead atoms. The molecule has 0 radical (unpaired) electrons. The third kappa shape index (κ3) is 1.89. The van der Waals surface area contributed by atoms with Crippen LogP contribution in [0.5, 0.6) is 0 Å². The Labute approximate surface area is 106 Å². The number of aromatic nitrogens is 4. The van der Waals surface area contributed by atoms with Crippen molar-refractivity contribution in [1.29, 1.82) is 0 Å². The van der Waals surface area contributed by atoms with E-state index in [0.717, 1.165) is 30.7 Å². The van der Waals surface area contributed by atoms with E-state index >= 15 is 0 Å². The van der Waals surface area contributed by atoms with Gasteiger partial charge in [-0.3, -0.25) is 13.8 Å². The quantitative estimate of drug-likeness (QED) is 0.817. The Kier molecular flexibility index (Phi) is 2.61. The van der Waals surface area contributed by atoms with Crippen LogP contribution in [0.25, 0.3) is 0 Å². The van der Waals surface area contributed by atoms with Crippen molar-refractivity contribution in [3.05, 3.63) is 40.3 Å². The van der Waals surface area contributed by atoms with Gasteiger partial charge in [0.25, 0.3) is 0 Å². The Balaban J connectivity index is 1.87. The molecule has 1 fully saturated rings. The van der Waals surface area contributed by atoms with Crippen molar-refractivity contribution >= 4 is 0 Å². The van der Waals surface area contributed by atoms with Crippen molar-refractivity contribution in [2.24, 2.45) is 7.05 Å². The molecule has 0 unspecified atom stereocenters. The van der Waals surface area contributed by atoms with Gasteiger partial charge < -0.3 is 0 Å². The summed E-state index contributed by atoms with van der Waals surface area (Å²) in [6, 6.07) is 2.51. The van der Waals surface area contributed by atoms with Crippen LogP contribution in [0.15, 0.2) is 23.3 Å². The summed E-state index contributed by atoms with van der Waals surface area (Å²) in [5, 5.41) is 4.40. The summed E-state index contributed by atoms with van der Waals surface area (Å²) >= 11 is 0. The van der Waals surface area contributed by atoms with Gasteiger partial charge in [0.05, 0.1) is 17.9 Å². The zero-order valence-electron chi connectivity index (χ0n) is 10.8. The van der Waals surface area contributed by atoms with Gasteiger partial charge in [0.2, 0.25) is 0 Å². The summed E-state index contributed by atoms with van der Waals surface area (Å²) in [7, 11) is 1.93. The van der Waals surface area contributed by atoms with Crippen molar-refractivity contribution in [2.75, 3.05) is 0 Å². The molecule has 5 nitrogen and oxygen atoms in total. The molecule has 0 atom stereocenters. The topological polar surface area (TPSA) is 44.8 Å². The minimum absolute atomic E-state index is 0.0942. The second kappa shape index (κ2) is 4.15. The minimum Gasteiger partial charge on any atom is -0.296 e. The molecular weight excluding hydrogens is 228 g/mol. The summed E-state index contributed by atoms with van der Waals surface area (Å²) in [6.45, 7) is 2.68. The number of hydrogen-bond acceptors (Lipinski definition) is 2. The van der Waals surface area contributed by atoms with Crippen LogP contribution in [-0.2, 0) is 20.0 Å². The number of nitrogens with zero attached hydrogens (tertiary/aromatic N) is 4. The van der Waals surface area contributed by atoms with Crippen LogP contribution in [0.3, 0.4) is 0 Å². The van der Waals surface area contributed by atoms with Crippen LogP contribution >= 0.6 is 0 Å². The fourth-order valence-electron chi connectivity index (χ4n) is 2.25. The van der Waals surface area contributed by atoms with Gasteiger partial charge in [-0.2, -0.15) is 5.10 Å². The third-order valence-electron chi connectivity index (χ3n) is 3.54. The van der Waals surface area contributed by atoms with E-state index in [1.807, 2.05) is 28.7 Å². The molecular formula is C13H18N4O. The average molecular weight is 246 g/mol. The van der Waals surface area contributed by atoms with Gasteiger partial charge in [-0.05, 0) is 25.3 Å². The smallest absolute Gasteiger partial charge is 0.296 e. The van der Waals surface area contributed by atoms with Gasteiger partial charge >= 0.3 is 5.69 Å². The van der Waals surface area contributed by atoms with Crippen LogP contribution < -0.4 is 5.69 Å². The van der Waals surface area contributed by atoms with E-state index in [2.05, 4.69) is 18.1 Å². The molecule has 0 N–H and O–H groups in total. The SMILES string of the molecule is CCc1cc(Cn2ccn(C3CC3)c2=O)n(C)n1.